The number of aliphatic imine (C=N–C) groups is 1. The molecule has 0 spiro atoms. The van der Waals surface area contributed by atoms with E-state index in [1.807, 2.05) is 0 Å². The van der Waals surface area contributed by atoms with Gasteiger partial charge in [-0.3, -0.25) is 9.79 Å². The molecule has 0 aromatic heterocycles. The lowest BCUT2D eigenvalue weighted by Crippen LogP contribution is -2.26. The van der Waals surface area contributed by atoms with E-state index in [2.05, 4.69) is 4.99 Å². The van der Waals surface area contributed by atoms with E-state index < -0.39 is 5.97 Å². The fraction of sp³-hybridized carbons (Fsp3) is 0.667. The zero-order valence-corrected chi connectivity index (χ0v) is 5.58. The van der Waals surface area contributed by atoms with Crippen LogP contribution in [0.25, 0.3) is 0 Å². The predicted octanol–water partition coefficient (Wildman–Crippen LogP) is -0.162. The highest BCUT2D eigenvalue weighted by Crippen LogP contribution is 2.11. The van der Waals surface area contributed by atoms with Crippen molar-refractivity contribution in [2.75, 3.05) is 6.54 Å². The van der Waals surface area contributed by atoms with Crippen LogP contribution in [-0.2, 0) is 4.79 Å². The Labute approximate surface area is 58.7 Å². The first kappa shape index (κ1) is 7.05. The number of hydrogen-bond acceptors (Lipinski definition) is 3. The van der Waals surface area contributed by atoms with Gasteiger partial charge < -0.3 is 10.8 Å². The van der Waals surface area contributed by atoms with Crippen LogP contribution in [-0.4, -0.2) is 23.5 Å². The molecule has 0 saturated carbocycles. The van der Waals surface area contributed by atoms with E-state index in [9.17, 15) is 4.79 Å². The monoisotopic (exact) mass is 142 g/mol. The zero-order valence-electron chi connectivity index (χ0n) is 5.58. The Hall–Kier alpha value is -1.06. The van der Waals surface area contributed by atoms with Gasteiger partial charge in [-0.05, 0) is 6.42 Å². The number of carboxylic acid groups (broad SMARTS) is 1. The van der Waals surface area contributed by atoms with Crippen LogP contribution in [0.5, 0.6) is 0 Å². The second kappa shape index (κ2) is 2.68. The van der Waals surface area contributed by atoms with Gasteiger partial charge in [-0.15, -0.1) is 0 Å². The van der Waals surface area contributed by atoms with Crippen molar-refractivity contribution in [3.05, 3.63) is 0 Å². The number of carboxylic acids is 1. The zero-order chi connectivity index (χ0) is 7.56. The van der Waals surface area contributed by atoms with E-state index in [4.69, 9.17) is 10.8 Å². The number of rotatable bonds is 1. The summed E-state index contributed by atoms with van der Waals surface area (Å²) in [5.41, 5.74) is 5.35. The molecule has 1 atom stereocenters. The molecule has 0 fully saturated rings. The van der Waals surface area contributed by atoms with E-state index >= 15 is 0 Å². The summed E-state index contributed by atoms with van der Waals surface area (Å²) < 4.78 is 0. The lowest BCUT2D eigenvalue weighted by molar-refractivity contribution is -0.141. The molecule has 1 aliphatic heterocycles. The van der Waals surface area contributed by atoms with Crippen LogP contribution in [0.15, 0.2) is 4.99 Å². The second-order valence-electron chi connectivity index (χ2n) is 2.41. The maximum absolute atomic E-state index is 10.4. The van der Waals surface area contributed by atoms with E-state index in [1.54, 1.807) is 0 Å². The Morgan fingerprint density at radius 2 is 2.50 bits per heavy atom. The van der Waals surface area contributed by atoms with Crippen LogP contribution in [0.2, 0.25) is 0 Å². The minimum atomic E-state index is -0.767. The molecule has 0 bridgehead atoms. The Balaban J connectivity index is 2.50. The lowest BCUT2D eigenvalue weighted by atomic mass is 10.0. The van der Waals surface area contributed by atoms with Crippen molar-refractivity contribution in [3.8, 4) is 0 Å². The van der Waals surface area contributed by atoms with Crippen molar-refractivity contribution in [3.63, 3.8) is 0 Å². The third kappa shape index (κ3) is 1.46. The number of nitrogens with two attached hydrogens (primary N) is 1. The third-order valence-corrected chi connectivity index (χ3v) is 1.61. The van der Waals surface area contributed by atoms with Crippen molar-refractivity contribution >= 4 is 11.8 Å². The molecule has 0 aromatic carbocycles. The van der Waals surface area contributed by atoms with E-state index in [1.165, 1.54) is 0 Å². The molecule has 4 nitrogen and oxygen atoms in total. The summed E-state index contributed by atoms with van der Waals surface area (Å²) in [7, 11) is 0. The highest BCUT2D eigenvalue weighted by molar-refractivity contribution is 5.82. The van der Waals surface area contributed by atoms with E-state index in [-0.39, 0.29) is 5.92 Å². The van der Waals surface area contributed by atoms with Crippen molar-refractivity contribution < 1.29 is 9.90 Å². The van der Waals surface area contributed by atoms with Crippen molar-refractivity contribution in [1.82, 2.24) is 0 Å². The molecule has 10 heavy (non-hydrogen) atoms. The average Bonchev–Trinajstić information content (AvgIpc) is 1.88. The fourth-order valence-electron chi connectivity index (χ4n) is 0.921. The fourth-order valence-corrected chi connectivity index (χ4v) is 0.921. The maximum Gasteiger partial charge on any atom is 0.308 e. The third-order valence-electron chi connectivity index (χ3n) is 1.61. The summed E-state index contributed by atoms with van der Waals surface area (Å²) in [6.07, 6.45) is 1.25. The molecule has 1 heterocycles. The molecule has 0 radical (unpaired) electrons. The topological polar surface area (TPSA) is 75.7 Å². The number of amidine groups is 1. The molecule has 1 unspecified atom stereocenters. The lowest BCUT2D eigenvalue weighted by Gasteiger charge is -2.14. The Bertz CT molecular complexity index is 177. The van der Waals surface area contributed by atoms with Crippen LogP contribution < -0.4 is 5.73 Å². The van der Waals surface area contributed by atoms with Crippen LogP contribution in [0.3, 0.4) is 0 Å². The SMILES string of the molecule is NC1=NCC(C(=O)O)CC1. The minimum Gasteiger partial charge on any atom is -0.481 e. The van der Waals surface area contributed by atoms with Gasteiger partial charge in [-0.25, -0.2) is 0 Å². The molecule has 0 aromatic rings. The van der Waals surface area contributed by atoms with Crippen molar-refractivity contribution in [1.29, 1.82) is 0 Å². The predicted molar refractivity (Wildman–Crippen MR) is 36.8 cm³/mol. The smallest absolute Gasteiger partial charge is 0.308 e. The normalized spacial score (nSPS) is 25.6. The molecular weight excluding hydrogens is 132 g/mol. The summed E-state index contributed by atoms with van der Waals surface area (Å²) in [5.74, 6) is -0.499. The molecule has 0 saturated heterocycles. The Kier molecular flexibility index (Phi) is 1.89. The van der Waals surface area contributed by atoms with Crippen LogP contribution in [0.4, 0.5) is 0 Å². The van der Waals surface area contributed by atoms with Gasteiger partial charge in [0.2, 0.25) is 0 Å². The van der Waals surface area contributed by atoms with Gasteiger partial charge in [0.05, 0.1) is 18.3 Å². The van der Waals surface area contributed by atoms with E-state index in [0.29, 0.717) is 25.2 Å². The largest absolute Gasteiger partial charge is 0.481 e. The van der Waals surface area contributed by atoms with Gasteiger partial charge in [-0.1, -0.05) is 0 Å². The van der Waals surface area contributed by atoms with Gasteiger partial charge in [0.25, 0.3) is 0 Å². The molecule has 1 aliphatic rings. The molecule has 0 aliphatic carbocycles. The number of aliphatic carboxylic acids is 1. The summed E-state index contributed by atoms with van der Waals surface area (Å²) in [4.78, 5) is 14.2. The first-order valence-electron chi connectivity index (χ1n) is 3.21. The quantitative estimate of drug-likeness (QED) is 0.534. The molecule has 56 valence electrons. The molecule has 1 rings (SSSR count). The minimum absolute atomic E-state index is 0.313. The standard InChI is InChI=1S/C6H10N2O2/c7-5-2-1-4(3-8-5)6(9)10/h4H,1-3H2,(H2,7,8)(H,9,10). The van der Waals surface area contributed by atoms with Crippen LogP contribution in [0, 0.1) is 5.92 Å². The molecule has 4 heteroatoms. The van der Waals surface area contributed by atoms with Gasteiger partial charge in [0, 0.05) is 6.42 Å². The first-order chi connectivity index (χ1) is 4.70. The molecular formula is C6H10N2O2. The maximum atomic E-state index is 10.4. The van der Waals surface area contributed by atoms with Gasteiger partial charge in [-0.2, -0.15) is 0 Å². The number of carbonyl (C=O) groups is 1. The summed E-state index contributed by atoms with van der Waals surface area (Å²) >= 11 is 0. The Morgan fingerprint density at radius 1 is 1.80 bits per heavy atom. The van der Waals surface area contributed by atoms with Crippen molar-refractivity contribution in [2.45, 2.75) is 12.8 Å². The average molecular weight is 142 g/mol. The second-order valence-corrected chi connectivity index (χ2v) is 2.41. The van der Waals surface area contributed by atoms with Crippen LogP contribution >= 0.6 is 0 Å². The van der Waals surface area contributed by atoms with Gasteiger partial charge in [0.1, 0.15) is 0 Å². The van der Waals surface area contributed by atoms with Crippen molar-refractivity contribution in [2.24, 2.45) is 16.6 Å². The van der Waals surface area contributed by atoms with Crippen LogP contribution in [0.1, 0.15) is 12.8 Å². The van der Waals surface area contributed by atoms with Gasteiger partial charge >= 0.3 is 5.97 Å². The number of hydrogen-bond donors (Lipinski definition) is 2. The highest BCUT2D eigenvalue weighted by Gasteiger charge is 2.20. The highest BCUT2D eigenvalue weighted by atomic mass is 16.4. The number of nitrogens with zero attached hydrogens (tertiary/aromatic N) is 1. The van der Waals surface area contributed by atoms with E-state index in [0.717, 1.165) is 0 Å². The Morgan fingerprint density at radius 3 is 2.90 bits per heavy atom. The summed E-state index contributed by atoms with van der Waals surface area (Å²) in [6, 6.07) is 0. The summed E-state index contributed by atoms with van der Waals surface area (Å²) in [6.45, 7) is 0.348. The van der Waals surface area contributed by atoms with Gasteiger partial charge in [0.15, 0.2) is 0 Å². The molecule has 3 N–H and O–H groups in total. The summed E-state index contributed by atoms with van der Waals surface area (Å²) in [5, 5.41) is 8.51. The molecule has 0 amide bonds. The first-order valence-corrected chi connectivity index (χ1v) is 3.21.